The van der Waals surface area contributed by atoms with E-state index in [0.717, 1.165) is 17.0 Å². The number of hydrogen-bond donors (Lipinski definition) is 0. The molecule has 2 heterocycles. The van der Waals surface area contributed by atoms with Crippen LogP contribution in [0.4, 0.5) is 4.39 Å². The lowest BCUT2D eigenvalue weighted by Crippen LogP contribution is -1.94. The van der Waals surface area contributed by atoms with Crippen LogP contribution in [0.25, 0.3) is 11.3 Å². The molecule has 3 nitrogen and oxygen atoms in total. The molecule has 0 fully saturated rings. The number of pyridine rings is 2. The van der Waals surface area contributed by atoms with E-state index >= 15 is 0 Å². The van der Waals surface area contributed by atoms with Crippen molar-refractivity contribution in [1.29, 1.82) is 0 Å². The van der Waals surface area contributed by atoms with Crippen LogP contribution >= 0.6 is 0 Å². The van der Waals surface area contributed by atoms with Crippen molar-refractivity contribution >= 4 is 0 Å². The fourth-order valence-electron chi connectivity index (χ4n) is 1.40. The summed E-state index contributed by atoms with van der Waals surface area (Å²) >= 11 is 0. The molecule has 2 aromatic rings. The zero-order valence-corrected chi connectivity index (χ0v) is 8.85. The Hall–Kier alpha value is -1.81. The first-order valence-electron chi connectivity index (χ1n) is 4.86. The van der Waals surface area contributed by atoms with Crippen LogP contribution in [0.1, 0.15) is 5.69 Å². The van der Waals surface area contributed by atoms with Crippen LogP contribution in [0.5, 0.6) is 0 Å². The van der Waals surface area contributed by atoms with Crippen LogP contribution in [-0.4, -0.2) is 17.1 Å². The molecule has 0 N–H and O–H groups in total. The molecule has 16 heavy (non-hydrogen) atoms. The molecule has 0 aliphatic carbocycles. The molecule has 0 aromatic carbocycles. The molecule has 2 rings (SSSR count). The SMILES string of the molecule is COCc1cccc(-c2ccc(F)nc2)n1. The monoisotopic (exact) mass is 218 g/mol. The summed E-state index contributed by atoms with van der Waals surface area (Å²) in [6.45, 7) is 0.461. The van der Waals surface area contributed by atoms with Gasteiger partial charge in [0.25, 0.3) is 0 Å². The van der Waals surface area contributed by atoms with E-state index in [0.29, 0.717) is 6.61 Å². The second-order valence-corrected chi connectivity index (χ2v) is 3.32. The fraction of sp³-hybridized carbons (Fsp3) is 0.167. The fourth-order valence-corrected chi connectivity index (χ4v) is 1.40. The second-order valence-electron chi connectivity index (χ2n) is 3.32. The van der Waals surface area contributed by atoms with Gasteiger partial charge in [-0.2, -0.15) is 4.39 Å². The van der Waals surface area contributed by atoms with E-state index in [9.17, 15) is 4.39 Å². The third-order valence-corrected chi connectivity index (χ3v) is 2.12. The summed E-state index contributed by atoms with van der Waals surface area (Å²) in [5, 5.41) is 0. The van der Waals surface area contributed by atoms with Gasteiger partial charge in [-0.05, 0) is 24.3 Å². The van der Waals surface area contributed by atoms with E-state index in [-0.39, 0.29) is 0 Å². The number of nitrogens with zero attached hydrogens (tertiary/aromatic N) is 2. The molecular weight excluding hydrogens is 207 g/mol. The minimum atomic E-state index is -0.489. The van der Waals surface area contributed by atoms with Gasteiger partial charge in [-0.1, -0.05) is 6.07 Å². The molecule has 0 aliphatic heterocycles. The van der Waals surface area contributed by atoms with Crippen LogP contribution in [0.15, 0.2) is 36.5 Å². The third kappa shape index (κ3) is 2.41. The highest BCUT2D eigenvalue weighted by Crippen LogP contribution is 2.16. The van der Waals surface area contributed by atoms with Crippen molar-refractivity contribution in [2.45, 2.75) is 6.61 Å². The number of halogens is 1. The first-order valence-corrected chi connectivity index (χ1v) is 4.86. The van der Waals surface area contributed by atoms with Gasteiger partial charge in [-0.15, -0.1) is 0 Å². The van der Waals surface area contributed by atoms with Crippen molar-refractivity contribution in [2.75, 3.05) is 7.11 Å². The minimum Gasteiger partial charge on any atom is -0.378 e. The van der Waals surface area contributed by atoms with Gasteiger partial charge in [0, 0.05) is 18.9 Å². The Balaban J connectivity index is 2.32. The second kappa shape index (κ2) is 4.81. The predicted molar refractivity (Wildman–Crippen MR) is 58.1 cm³/mol. The largest absolute Gasteiger partial charge is 0.378 e. The molecule has 0 amide bonds. The van der Waals surface area contributed by atoms with Crippen LogP contribution in [0.2, 0.25) is 0 Å². The van der Waals surface area contributed by atoms with E-state index in [1.54, 1.807) is 13.2 Å². The maximum Gasteiger partial charge on any atom is 0.212 e. The molecule has 0 saturated heterocycles. The highest BCUT2D eigenvalue weighted by atomic mass is 19.1. The summed E-state index contributed by atoms with van der Waals surface area (Å²) in [4.78, 5) is 7.97. The smallest absolute Gasteiger partial charge is 0.212 e. The maximum atomic E-state index is 12.7. The van der Waals surface area contributed by atoms with Gasteiger partial charge in [0.2, 0.25) is 5.95 Å². The standard InChI is InChI=1S/C12H11FN2O/c1-16-8-10-3-2-4-11(15-10)9-5-6-12(13)14-7-9/h2-7H,8H2,1H3. The Morgan fingerprint density at radius 1 is 1.25 bits per heavy atom. The molecule has 0 aliphatic rings. The van der Waals surface area contributed by atoms with Gasteiger partial charge in [0.05, 0.1) is 18.0 Å². The molecule has 0 bridgehead atoms. The summed E-state index contributed by atoms with van der Waals surface area (Å²) in [7, 11) is 1.62. The molecule has 0 atom stereocenters. The van der Waals surface area contributed by atoms with Gasteiger partial charge in [-0.3, -0.25) is 4.98 Å². The van der Waals surface area contributed by atoms with Crippen molar-refractivity contribution in [2.24, 2.45) is 0 Å². The van der Waals surface area contributed by atoms with Crippen molar-refractivity contribution in [1.82, 2.24) is 9.97 Å². The summed E-state index contributed by atoms with van der Waals surface area (Å²) in [5.74, 6) is -0.489. The van der Waals surface area contributed by atoms with Crippen molar-refractivity contribution in [3.63, 3.8) is 0 Å². The number of ether oxygens (including phenoxy) is 1. The molecule has 0 radical (unpaired) electrons. The minimum absolute atomic E-state index is 0.461. The molecule has 0 unspecified atom stereocenters. The Bertz CT molecular complexity index is 471. The molecule has 2 aromatic heterocycles. The summed E-state index contributed by atoms with van der Waals surface area (Å²) in [6.07, 6.45) is 1.47. The molecule has 4 heteroatoms. The van der Waals surface area contributed by atoms with Crippen molar-refractivity contribution in [3.8, 4) is 11.3 Å². The molecule has 82 valence electrons. The molecular formula is C12H11FN2O. The van der Waals surface area contributed by atoms with E-state index in [1.165, 1.54) is 12.3 Å². The summed E-state index contributed by atoms with van der Waals surface area (Å²) in [6, 6.07) is 8.60. The highest BCUT2D eigenvalue weighted by molar-refractivity contribution is 5.57. The predicted octanol–water partition coefficient (Wildman–Crippen LogP) is 2.43. The van der Waals surface area contributed by atoms with Crippen LogP contribution in [0.3, 0.4) is 0 Å². The van der Waals surface area contributed by atoms with Crippen molar-refractivity contribution < 1.29 is 9.13 Å². The average Bonchev–Trinajstić information content (AvgIpc) is 2.31. The molecule has 0 spiro atoms. The van der Waals surface area contributed by atoms with E-state index < -0.39 is 5.95 Å². The van der Waals surface area contributed by atoms with Gasteiger partial charge < -0.3 is 4.74 Å². The maximum absolute atomic E-state index is 12.7. The van der Waals surface area contributed by atoms with Gasteiger partial charge in [0.15, 0.2) is 0 Å². The average molecular weight is 218 g/mol. The van der Waals surface area contributed by atoms with Crippen LogP contribution in [-0.2, 0) is 11.3 Å². The lowest BCUT2D eigenvalue weighted by Gasteiger charge is -2.03. The summed E-state index contributed by atoms with van der Waals surface area (Å²) in [5.41, 5.74) is 2.39. The number of aromatic nitrogens is 2. The van der Waals surface area contributed by atoms with Crippen molar-refractivity contribution in [3.05, 3.63) is 48.2 Å². The van der Waals surface area contributed by atoms with Gasteiger partial charge in [0.1, 0.15) is 0 Å². The first-order chi connectivity index (χ1) is 7.79. The molecule has 0 saturated carbocycles. The number of methoxy groups -OCH3 is 1. The Labute approximate surface area is 92.9 Å². The lowest BCUT2D eigenvalue weighted by molar-refractivity contribution is 0.181. The number of hydrogen-bond acceptors (Lipinski definition) is 3. The Morgan fingerprint density at radius 3 is 2.81 bits per heavy atom. The normalized spacial score (nSPS) is 10.4. The first kappa shape index (κ1) is 10.7. The Morgan fingerprint density at radius 2 is 2.12 bits per heavy atom. The highest BCUT2D eigenvalue weighted by Gasteiger charge is 2.01. The zero-order valence-electron chi connectivity index (χ0n) is 8.85. The van der Waals surface area contributed by atoms with E-state index in [4.69, 9.17) is 4.74 Å². The lowest BCUT2D eigenvalue weighted by atomic mass is 10.2. The summed E-state index contributed by atoms with van der Waals surface area (Å²) < 4.78 is 17.7. The van der Waals surface area contributed by atoms with Crippen LogP contribution < -0.4 is 0 Å². The topological polar surface area (TPSA) is 35.0 Å². The third-order valence-electron chi connectivity index (χ3n) is 2.12. The quantitative estimate of drug-likeness (QED) is 0.742. The van der Waals surface area contributed by atoms with Gasteiger partial charge >= 0.3 is 0 Å². The number of rotatable bonds is 3. The van der Waals surface area contributed by atoms with E-state index in [2.05, 4.69) is 9.97 Å². The van der Waals surface area contributed by atoms with Crippen LogP contribution in [0, 0.1) is 5.95 Å². The zero-order chi connectivity index (χ0) is 11.4. The van der Waals surface area contributed by atoms with E-state index in [1.807, 2.05) is 18.2 Å². The van der Waals surface area contributed by atoms with Gasteiger partial charge in [-0.25, -0.2) is 4.98 Å². The Kier molecular flexibility index (Phi) is 3.22.